The Kier molecular flexibility index (Phi) is 2.18. The van der Waals surface area contributed by atoms with Gasteiger partial charge in [-0.05, 0) is 44.4 Å². The summed E-state index contributed by atoms with van der Waals surface area (Å²) in [5.41, 5.74) is 1.92. The van der Waals surface area contributed by atoms with Gasteiger partial charge in [-0.2, -0.15) is 0 Å². The van der Waals surface area contributed by atoms with E-state index in [1.807, 2.05) is 0 Å². The monoisotopic (exact) mass is 170 g/mol. The summed E-state index contributed by atoms with van der Waals surface area (Å²) in [6.45, 7) is 6.54. The molecule has 0 aromatic heterocycles. The Morgan fingerprint density at radius 1 is 0.583 bits per heavy atom. The lowest BCUT2D eigenvalue weighted by Gasteiger charge is -2.10. The zero-order valence-corrected chi connectivity index (χ0v) is 7.76. The fourth-order valence-electron chi connectivity index (χ4n) is 1.27. The molecule has 0 aliphatic carbocycles. The van der Waals surface area contributed by atoms with E-state index in [0.29, 0.717) is 16.7 Å². The first-order valence-electron chi connectivity index (χ1n) is 3.88. The first-order chi connectivity index (χ1) is 5.46. The summed E-state index contributed by atoms with van der Waals surface area (Å²) < 4.78 is 26.4. The molecule has 66 valence electrons. The number of hydrogen-bond donors (Lipinski definition) is 0. The molecule has 0 spiro atoms. The van der Waals surface area contributed by atoms with Gasteiger partial charge in [0.25, 0.3) is 0 Å². The van der Waals surface area contributed by atoms with Crippen LogP contribution in [0.1, 0.15) is 22.3 Å². The van der Waals surface area contributed by atoms with Gasteiger partial charge in [-0.1, -0.05) is 0 Å². The van der Waals surface area contributed by atoms with Crippen molar-refractivity contribution < 1.29 is 8.78 Å². The predicted octanol–water partition coefficient (Wildman–Crippen LogP) is 3.20. The summed E-state index contributed by atoms with van der Waals surface area (Å²) in [7, 11) is 0. The number of hydrogen-bond acceptors (Lipinski definition) is 0. The number of halogens is 2. The van der Waals surface area contributed by atoms with Crippen molar-refractivity contribution >= 4 is 0 Å². The normalized spacial score (nSPS) is 10.5. The van der Waals surface area contributed by atoms with Crippen LogP contribution >= 0.6 is 0 Å². The second-order valence-electron chi connectivity index (χ2n) is 3.13. The van der Waals surface area contributed by atoms with Crippen LogP contribution in [0, 0.1) is 39.3 Å². The van der Waals surface area contributed by atoms with Gasteiger partial charge in [-0.25, -0.2) is 8.78 Å². The summed E-state index contributed by atoms with van der Waals surface area (Å²) >= 11 is 0. The third-order valence-electron chi connectivity index (χ3n) is 2.44. The highest BCUT2D eigenvalue weighted by Crippen LogP contribution is 2.23. The molecule has 0 aliphatic rings. The van der Waals surface area contributed by atoms with Crippen molar-refractivity contribution in [3.05, 3.63) is 33.9 Å². The molecule has 0 fully saturated rings. The van der Waals surface area contributed by atoms with Crippen LogP contribution in [0.15, 0.2) is 0 Å². The van der Waals surface area contributed by atoms with Gasteiger partial charge < -0.3 is 0 Å². The van der Waals surface area contributed by atoms with Crippen LogP contribution < -0.4 is 0 Å². The lowest BCUT2D eigenvalue weighted by Crippen LogP contribution is -2.00. The van der Waals surface area contributed by atoms with Crippen molar-refractivity contribution in [2.45, 2.75) is 27.7 Å². The van der Waals surface area contributed by atoms with Crippen molar-refractivity contribution in [3.8, 4) is 0 Å². The highest BCUT2D eigenvalue weighted by atomic mass is 19.1. The van der Waals surface area contributed by atoms with Crippen molar-refractivity contribution in [1.82, 2.24) is 0 Å². The molecular formula is C10H12F2. The Morgan fingerprint density at radius 3 is 1.25 bits per heavy atom. The molecule has 0 bridgehead atoms. The molecule has 0 saturated carbocycles. The first-order valence-corrected chi connectivity index (χ1v) is 3.88. The Hall–Kier alpha value is -0.920. The van der Waals surface area contributed by atoms with Gasteiger partial charge in [-0.3, -0.25) is 0 Å². The largest absolute Gasteiger partial charge is 0.206 e. The maximum atomic E-state index is 13.2. The Labute approximate surface area is 71.2 Å². The Morgan fingerprint density at radius 2 is 0.917 bits per heavy atom. The van der Waals surface area contributed by atoms with Gasteiger partial charge in [0, 0.05) is 5.56 Å². The van der Waals surface area contributed by atoms with E-state index < -0.39 is 11.6 Å². The van der Waals surface area contributed by atoms with Gasteiger partial charge in [0.1, 0.15) is 11.6 Å². The summed E-state index contributed by atoms with van der Waals surface area (Å²) in [6.07, 6.45) is 0. The summed E-state index contributed by atoms with van der Waals surface area (Å²) in [5, 5.41) is 0. The molecule has 0 radical (unpaired) electrons. The van der Waals surface area contributed by atoms with E-state index >= 15 is 0 Å². The van der Waals surface area contributed by atoms with Gasteiger partial charge in [0.15, 0.2) is 0 Å². The Balaban J connectivity index is 3.60. The zero-order chi connectivity index (χ0) is 9.46. The third-order valence-corrected chi connectivity index (χ3v) is 2.44. The van der Waals surface area contributed by atoms with Crippen LogP contribution in [0.25, 0.3) is 0 Å². The third kappa shape index (κ3) is 1.11. The highest BCUT2D eigenvalue weighted by Gasteiger charge is 2.13. The van der Waals surface area contributed by atoms with Gasteiger partial charge in [-0.15, -0.1) is 0 Å². The Bertz CT molecular complexity index is 222. The summed E-state index contributed by atoms with van der Waals surface area (Å²) in [6, 6.07) is 0. The smallest absolute Gasteiger partial charge is 0.132 e. The van der Waals surface area contributed by atoms with Gasteiger partial charge in [0.05, 0.1) is 0 Å². The molecule has 2 heteroatoms. The standard InChI is InChI=1S/C10H12F2/c1-5-6(2)9(11)8(4)10(12)7(5)3/h1-4H3. The van der Waals surface area contributed by atoms with Crippen molar-refractivity contribution in [1.29, 1.82) is 0 Å². The maximum absolute atomic E-state index is 13.2. The quantitative estimate of drug-likeness (QED) is 0.561. The minimum Gasteiger partial charge on any atom is -0.206 e. The highest BCUT2D eigenvalue weighted by molar-refractivity contribution is 5.39. The van der Waals surface area contributed by atoms with E-state index in [-0.39, 0.29) is 5.56 Å². The first kappa shape index (κ1) is 9.17. The van der Waals surface area contributed by atoms with Crippen molar-refractivity contribution in [3.63, 3.8) is 0 Å². The fraction of sp³-hybridized carbons (Fsp3) is 0.400. The van der Waals surface area contributed by atoms with E-state index in [1.165, 1.54) is 6.92 Å². The molecule has 0 nitrogen and oxygen atoms in total. The molecule has 0 heterocycles. The number of rotatable bonds is 0. The SMILES string of the molecule is Cc1c(C)c(F)c(C)c(F)c1C. The van der Waals surface area contributed by atoms with E-state index in [9.17, 15) is 8.78 Å². The van der Waals surface area contributed by atoms with Crippen LogP contribution in [0.5, 0.6) is 0 Å². The van der Waals surface area contributed by atoms with E-state index in [1.54, 1.807) is 20.8 Å². The number of benzene rings is 1. The molecule has 0 amide bonds. The molecule has 0 saturated heterocycles. The molecule has 1 rings (SSSR count). The lowest BCUT2D eigenvalue weighted by atomic mass is 9.99. The van der Waals surface area contributed by atoms with Crippen LogP contribution in [-0.2, 0) is 0 Å². The molecule has 0 atom stereocenters. The van der Waals surface area contributed by atoms with E-state index in [4.69, 9.17) is 0 Å². The second-order valence-corrected chi connectivity index (χ2v) is 3.13. The summed E-state index contributed by atoms with van der Waals surface area (Å²) in [4.78, 5) is 0. The van der Waals surface area contributed by atoms with Crippen molar-refractivity contribution in [2.75, 3.05) is 0 Å². The van der Waals surface area contributed by atoms with Crippen molar-refractivity contribution in [2.24, 2.45) is 0 Å². The topological polar surface area (TPSA) is 0 Å². The molecule has 0 unspecified atom stereocenters. The van der Waals surface area contributed by atoms with Crippen LogP contribution in [-0.4, -0.2) is 0 Å². The van der Waals surface area contributed by atoms with Crippen LogP contribution in [0.2, 0.25) is 0 Å². The molecule has 12 heavy (non-hydrogen) atoms. The molecular weight excluding hydrogens is 158 g/mol. The van der Waals surface area contributed by atoms with Gasteiger partial charge >= 0.3 is 0 Å². The van der Waals surface area contributed by atoms with Crippen LogP contribution in [0.4, 0.5) is 8.78 Å². The predicted molar refractivity (Wildman–Crippen MR) is 45.3 cm³/mol. The lowest BCUT2D eigenvalue weighted by molar-refractivity contribution is 0.554. The van der Waals surface area contributed by atoms with Crippen LogP contribution in [0.3, 0.4) is 0 Å². The average Bonchev–Trinajstić information content (AvgIpc) is 2.08. The average molecular weight is 170 g/mol. The minimum atomic E-state index is -0.421. The maximum Gasteiger partial charge on any atom is 0.132 e. The zero-order valence-electron chi connectivity index (χ0n) is 7.76. The molecule has 1 aromatic carbocycles. The summed E-state index contributed by atoms with van der Waals surface area (Å²) in [5.74, 6) is -0.841. The molecule has 0 aliphatic heterocycles. The van der Waals surface area contributed by atoms with E-state index in [2.05, 4.69) is 0 Å². The minimum absolute atomic E-state index is 0.121. The van der Waals surface area contributed by atoms with Gasteiger partial charge in [0.2, 0.25) is 0 Å². The molecule has 1 aromatic rings. The molecule has 0 N–H and O–H groups in total. The van der Waals surface area contributed by atoms with E-state index in [0.717, 1.165) is 0 Å². The second kappa shape index (κ2) is 2.85. The fourth-order valence-corrected chi connectivity index (χ4v) is 1.27.